The Kier molecular flexibility index (Phi) is 9.36. The van der Waals surface area contributed by atoms with Crippen LogP contribution in [0.4, 0.5) is 4.79 Å². The molecule has 0 aliphatic carbocycles. The maximum Gasteiger partial charge on any atom is 0.411 e. The van der Waals surface area contributed by atoms with Crippen LogP contribution in [-0.4, -0.2) is 71.8 Å². The van der Waals surface area contributed by atoms with Gasteiger partial charge >= 0.3 is 11.8 Å². The number of methoxy groups -OCH3 is 1. The number of aromatic nitrogens is 2. The molecule has 1 aromatic heterocycles. The summed E-state index contributed by atoms with van der Waals surface area (Å²) in [4.78, 5) is 38.7. The highest BCUT2D eigenvalue weighted by Gasteiger charge is 2.68. The quantitative estimate of drug-likeness (QED) is 0.340. The molecule has 1 aromatic rings. The average Bonchev–Trinajstić information content (AvgIpc) is 3.29. The van der Waals surface area contributed by atoms with Gasteiger partial charge < -0.3 is 18.3 Å². The Labute approximate surface area is 255 Å². The molecule has 2 aliphatic heterocycles. The first-order valence-electron chi connectivity index (χ1n) is 14.1. The highest BCUT2D eigenvalue weighted by Crippen LogP contribution is 2.52. The van der Waals surface area contributed by atoms with E-state index >= 15 is 0 Å². The second-order valence-electron chi connectivity index (χ2n) is 14.3. The van der Waals surface area contributed by atoms with E-state index in [4.69, 9.17) is 22.5 Å². The first kappa shape index (κ1) is 35.4. The fraction of sp³-hybridized carbons (Fsp3) is 0.741. The van der Waals surface area contributed by atoms with Gasteiger partial charge in [-0.1, -0.05) is 41.5 Å². The summed E-state index contributed by atoms with van der Waals surface area (Å²) in [5.41, 5.74) is -3.06. The minimum absolute atomic E-state index is 0.139. The number of carbonyl (C=O) groups excluding carboxylic acids is 1. The molecule has 0 bridgehead atoms. The zero-order valence-electron chi connectivity index (χ0n) is 27.5. The van der Waals surface area contributed by atoms with Crippen LogP contribution in [0.5, 0.6) is 0 Å². The molecule has 1 spiro atoms. The molecule has 1 saturated heterocycles. The summed E-state index contributed by atoms with van der Waals surface area (Å²) in [5.74, 6) is 0. The van der Waals surface area contributed by atoms with Crippen molar-refractivity contribution < 1.29 is 35.7 Å². The minimum Gasteiger partial charge on any atom is -0.453 e. The van der Waals surface area contributed by atoms with E-state index in [0.717, 1.165) is 17.1 Å². The lowest BCUT2D eigenvalue weighted by atomic mass is 9.89. The molecule has 1 N–H and O–H groups in total. The van der Waals surface area contributed by atoms with E-state index < -0.39 is 68.1 Å². The average molecular weight is 662 g/mol. The SMILES string of the molecule is COC(=O)NC1=CS(=O)(=O)OC12C(CO[Si](C)(C)C(C)(C)C)OC(n1cc(C)c(=O)n(C)c1=O)C2O[Si](C)(C)C(C)(C)C. The zero-order valence-corrected chi connectivity index (χ0v) is 30.3. The topological polar surface area (TPSA) is 153 Å². The lowest BCUT2D eigenvalue weighted by molar-refractivity contribution is -0.0572. The van der Waals surface area contributed by atoms with Crippen molar-refractivity contribution >= 4 is 32.8 Å². The number of aryl methyl sites for hydroxylation is 1. The smallest absolute Gasteiger partial charge is 0.411 e. The zero-order chi connectivity index (χ0) is 33.1. The molecule has 0 aromatic carbocycles. The van der Waals surface area contributed by atoms with Crippen molar-refractivity contribution in [3.63, 3.8) is 0 Å². The van der Waals surface area contributed by atoms with Crippen molar-refractivity contribution in [1.82, 2.24) is 14.5 Å². The number of alkyl carbamates (subject to hydrolysis) is 1. The van der Waals surface area contributed by atoms with Gasteiger partial charge in [-0.3, -0.25) is 19.2 Å². The fourth-order valence-corrected chi connectivity index (χ4v) is 8.03. The Morgan fingerprint density at radius 1 is 1.07 bits per heavy atom. The summed E-state index contributed by atoms with van der Waals surface area (Å²) >= 11 is 0. The predicted octanol–water partition coefficient (Wildman–Crippen LogP) is 3.46. The third kappa shape index (κ3) is 6.51. The Morgan fingerprint density at radius 3 is 2.14 bits per heavy atom. The van der Waals surface area contributed by atoms with E-state index in [1.807, 2.05) is 47.0 Å². The molecule has 4 atom stereocenters. The first-order chi connectivity index (χ1) is 19.3. The largest absolute Gasteiger partial charge is 0.453 e. The van der Waals surface area contributed by atoms with Crippen molar-refractivity contribution in [1.29, 1.82) is 0 Å². The van der Waals surface area contributed by atoms with E-state index in [9.17, 15) is 22.8 Å². The molecule has 43 heavy (non-hydrogen) atoms. The molecule has 13 nitrogen and oxygen atoms in total. The van der Waals surface area contributed by atoms with Crippen LogP contribution in [0.2, 0.25) is 36.3 Å². The lowest BCUT2D eigenvalue weighted by Crippen LogP contribution is -2.60. The molecular formula is C27H47N3O10SSi2. The summed E-state index contributed by atoms with van der Waals surface area (Å²) in [6.45, 7) is 21.6. The summed E-state index contributed by atoms with van der Waals surface area (Å²) in [5, 5.41) is 2.76. The number of ether oxygens (including phenoxy) is 2. The van der Waals surface area contributed by atoms with Gasteiger partial charge in [0.05, 0.1) is 24.8 Å². The first-order valence-corrected chi connectivity index (χ1v) is 21.4. The van der Waals surface area contributed by atoms with Gasteiger partial charge in [0, 0.05) is 18.8 Å². The highest BCUT2D eigenvalue weighted by atomic mass is 32.2. The van der Waals surface area contributed by atoms with Crippen LogP contribution in [0.25, 0.3) is 0 Å². The van der Waals surface area contributed by atoms with Crippen LogP contribution in [-0.2, 0) is 39.7 Å². The minimum atomic E-state index is -4.38. The lowest BCUT2D eigenvalue weighted by Gasteiger charge is -2.44. The normalized spacial score (nSPS) is 26.1. The van der Waals surface area contributed by atoms with Crippen molar-refractivity contribution in [2.75, 3.05) is 13.7 Å². The van der Waals surface area contributed by atoms with Crippen molar-refractivity contribution in [3.05, 3.63) is 43.7 Å². The second-order valence-corrected chi connectivity index (χ2v) is 25.2. The van der Waals surface area contributed by atoms with Gasteiger partial charge in [-0.15, -0.1) is 0 Å². The Balaban J connectivity index is 2.36. The number of carbonyl (C=O) groups is 1. The maximum absolute atomic E-state index is 13.5. The highest BCUT2D eigenvalue weighted by molar-refractivity contribution is 7.90. The van der Waals surface area contributed by atoms with Gasteiger partial charge in [-0.2, -0.15) is 8.42 Å². The molecule has 0 saturated carbocycles. The number of hydrogen-bond acceptors (Lipinski definition) is 10. The van der Waals surface area contributed by atoms with Crippen LogP contribution in [0.1, 0.15) is 53.3 Å². The number of rotatable bonds is 7. The fourth-order valence-electron chi connectivity index (χ4n) is 4.49. The third-order valence-electron chi connectivity index (χ3n) is 9.21. The maximum atomic E-state index is 13.5. The molecule has 3 rings (SSSR count). The molecule has 244 valence electrons. The molecule has 4 unspecified atom stereocenters. The monoisotopic (exact) mass is 661 g/mol. The van der Waals surface area contributed by atoms with Gasteiger partial charge in [0.2, 0.25) is 0 Å². The van der Waals surface area contributed by atoms with E-state index in [0.29, 0.717) is 0 Å². The Morgan fingerprint density at radius 2 is 1.63 bits per heavy atom. The summed E-state index contributed by atoms with van der Waals surface area (Å²) in [6, 6.07) is 0. The summed E-state index contributed by atoms with van der Waals surface area (Å²) < 4.78 is 59.3. The van der Waals surface area contributed by atoms with E-state index in [-0.39, 0.29) is 27.9 Å². The van der Waals surface area contributed by atoms with Crippen LogP contribution >= 0.6 is 0 Å². The van der Waals surface area contributed by atoms with Gasteiger partial charge in [-0.25, -0.2) is 13.8 Å². The second kappa shape index (κ2) is 11.4. The molecule has 1 fully saturated rings. The van der Waals surface area contributed by atoms with E-state index in [1.165, 1.54) is 17.8 Å². The summed E-state index contributed by atoms with van der Waals surface area (Å²) in [7, 11) is -7.10. The standard InChI is InChI=1S/C27H47N3O10SSi2/c1-17-14-30(24(33)29(8)21(17)31)22-20(39-43(12,13)26(5,6)7)27(18(28-23(32)36-9)16-41(34,35)40-27)19(38-22)15-37-42(10,11)25(2,3)4/h14,16,19-20,22H,15H2,1-13H3,(H,28,32). The van der Waals surface area contributed by atoms with Crippen molar-refractivity contribution in [2.24, 2.45) is 7.05 Å². The molecule has 0 radical (unpaired) electrons. The molecule has 3 heterocycles. The van der Waals surface area contributed by atoms with Gasteiger partial charge in [0.15, 0.2) is 28.5 Å². The van der Waals surface area contributed by atoms with Crippen LogP contribution in [0.3, 0.4) is 0 Å². The van der Waals surface area contributed by atoms with Crippen molar-refractivity contribution in [3.8, 4) is 0 Å². The molecular weight excluding hydrogens is 615 g/mol. The molecule has 16 heteroatoms. The van der Waals surface area contributed by atoms with Crippen LogP contribution < -0.4 is 16.6 Å². The van der Waals surface area contributed by atoms with Gasteiger partial charge in [0.25, 0.3) is 15.7 Å². The Hall–Kier alpha value is -2.09. The van der Waals surface area contributed by atoms with Gasteiger partial charge in [0.1, 0.15) is 12.2 Å². The van der Waals surface area contributed by atoms with Crippen LogP contribution in [0, 0.1) is 6.92 Å². The summed E-state index contributed by atoms with van der Waals surface area (Å²) in [6.07, 6.45) is -3.29. The number of nitrogens with zero attached hydrogens (tertiary/aromatic N) is 2. The predicted molar refractivity (Wildman–Crippen MR) is 166 cm³/mol. The number of amides is 1. The van der Waals surface area contributed by atoms with E-state index in [2.05, 4.69) is 26.1 Å². The number of nitrogens with one attached hydrogen (secondary N) is 1. The van der Waals surface area contributed by atoms with Crippen molar-refractivity contribution in [2.45, 2.75) is 109 Å². The molecule has 2 aliphatic rings. The Bertz CT molecular complexity index is 1520. The molecule has 1 amide bonds. The number of hydrogen-bond donors (Lipinski definition) is 1. The van der Waals surface area contributed by atoms with Crippen LogP contribution in [0.15, 0.2) is 26.9 Å². The third-order valence-corrected chi connectivity index (χ3v) is 19.2. The van der Waals surface area contributed by atoms with E-state index in [1.54, 1.807) is 6.92 Å². The van der Waals surface area contributed by atoms with Gasteiger partial charge in [-0.05, 0) is 43.2 Å².